The Morgan fingerprint density at radius 1 is 1.26 bits per heavy atom. The summed E-state index contributed by atoms with van der Waals surface area (Å²) in [7, 11) is 0. The molecule has 0 bridgehead atoms. The molecule has 2 nitrogen and oxygen atoms in total. The number of halogens is 1. The third kappa shape index (κ3) is 4.48. The predicted octanol–water partition coefficient (Wildman–Crippen LogP) is 4.03. The summed E-state index contributed by atoms with van der Waals surface area (Å²) in [6, 6.07) is 8.17. The smallest absolute Gasteiger partial charge is 0.0802 e. The number of nitrogens with zero attached hydrogens (tertiary/aromatic N) is 1. The van der Waals surface area contributed by atoms with Crippen LogP contribution in [-0.2, 0) is 0 Å². The monoisotopic (exact) mass is 281 g/mol. The summed E-state index contributed by atoms with van der Waals surface area (Å²) in [6.07, 6.45) is 5.69. The molecule has 1 aromatic carbocycles. The average molecular weight is 282 g/mol. The molecule has 1 heterocycles. The zero-order chi connectivity index (χ0) is 13.7. The van der Waals surface area contributed by atoms with Crippen LogP contribution in [0.5, 0.6) is 0 Å². The van der Waals surface area contributed by atoms with E-state index in [1.165, 1.54) is 32.2 Å². The van der Waals surface area contributed by atoms with Crippen LogP contribution in [0.4, 0.5) is 0 Å². The highest BCUT2D eigenvalue weighted by Crippen LogP contribution is 2.22. The van der Waals surface area contributed by atoms with Gasteiger partial charge in [0.25, 0.3) is 0 Å². The zero-order valence-corrected chi connectivity index (χ0v) is 12.4. The molecule has 0 aromatic heterocycles. The number of benzene rings is 1. The van der Waals surface area contributed by atoms with Crippen molar-refractivity contribution in [1.82, 2.24) is 4.90 Å². The van der Waals surface area contributed by atoms with Gasteiger partial charge in [-0.3, -0.25) is 0 Å². The lowest BCUT2D eigenvalue weighted by atomic mass is 10.1. The molecule has 0 radical (unpaired) electrons. The molecule has 0 amide bonds. The maximum Gasteiger partial charge on any atom is 0.0802 e. The predicted molar refractivity (Wildman–Crippen MR) is 80.5 cm³/mol. The molecule has 0 aliphatic carbocycles. The summed E-state index contributed by atoms with van der Waals surface area (Å²) in [5.74, 6) is 0. The topological polar surface area (TPSA) is 23.5 Å². The van der Waals surface area contributed by atoms with Crippen molar-refractivity contribution < 1.29 is 5.11 Å². The van der Waals surface area contributed by atoms with E-state index in [1.54, 1.807) is 0 Å². The number of aliphatic hydroxyl groups excluding tert-OH is 1. The number of rotatable bonds is 4. The lowest BCUT2D eigenvalue weighted by Gasteiger charge is -2.27. The van der Waals surface area contributed by atoms with Crippen LogP contribution >= 0.6 is 11.6 Å². The fourth-order valence-electron chi connectivity index (χ4n) is 2.81. The highest BCUT2D eigenvalue weighted by molar-refractivity contribution is 6.30. The van der Waals surface area contributed by atoms with Crippen LogP contribution in [0.1, 0.15) is 50.7 Å². The van der Waals surface area contributed by atoms with E-state index in [0.717, 1.165) is 23.6 Å². The van der Waals surface area contributed by atoms with Gasteiger partial charge >= 0.3 is 0 Å². The maximum atomic E-state index is 10.2. The van der Waals surface area contributed by atoms with Gasteiger partial charge in [-0.05, 0) is 50.4 Å². The van der Waals surface area contributed by atoms with E-state index in [4.69, 9.17) is 11.6 Å². The van der Waals surface area contributed by atoms with Crippen LogP contribution < -0.4 is 0 Å². The highest BCUT2D eigenvalue weighted by atomic mass is 35.5. The van der Waals surface area contributed by atoms with Gasteiger partial charge in [0, 0.05) is 17.6 Å². The quantitative estimate of drug-likeness (QED) is 0.901. The summed E-state index contributed by atoms with van der Waals surface area (Å²) < 4.78 is 0. The SMILES string of the molecule is CC1CCCCCN1CCC(O)c1ccc(Cl)cc1. The molecule has 3 heteroatoms. The average Bonchev–Trinajstić information content (AvgIpc) is 2.61. The second-order valence-corrected chi connectivity index (χ2v) is 6.03. The van der Waals surface area contributed by atoms with Crippen molar-refractivity contribution in [2.75, 3.05) is 13.1 Å². The maximum absolute atomic E-state index is 10.2. The lowest BCUT2D eigenvalue weighted by Crippen LogP contribution is -2.34. The standard InChI is InChI=1S/C16H24ClNO/c1-13-5-3-2-4-11-18(13)12-10-16(19)14-6-8-15(17)9-7-14/h6-9,13,16,19H,2-5,10-12H2,1H3. The number of aliphatic hydroxyl groups is 1. The third-order valence-corrected chi connectivity index (χ3v) is 4.39. The van der Waals surface area contributed by atoms with E-state index >= 15 is 0 Å². The molecular formula is C16H24ClNO. The van der Waals surface area contributed by atoms with Gasteiger partial charge in [-0.25, -0.2) is 0 Å². The van der Waals surface area contributed by atoms with E-state index < -0.39 is 0 Å². The van der Waals surface area contributed by atoms with Crippen LogP contribution in [0.3, 0.4) is 0 Å². The minimum absolute atomic E-state index is 0.382. The van der Waals surface area contributed by atoms with Crippen molar-refractivity contribution in [3.63, 3.8) is 0 Å². The second kappa shape index (κ2) is 7.28. The first kappa shape index (κ1) is 14.8. The molecule has 0 saturated carbocycles. The van der Waals surface area contributed by atoms with E-state index in [2.05, 4.69) is 11.8 Å². The Morgan fingerprint density at radius 3 is 2.74 bits per heavy atom. The number of hydrogen-bond acceptors (Lipinski definition) is 2. The molecule has 1 saturated heterocycles. The van der Waals surface area contributed by atoms with Gasteiger partial charge < -0.3 is 10.0 Å². The third-order valence-electron chi connectivity index (χ3n) is 4.14. The second-order valence-electron chi connectivity index (χ2n) is 5.59. The molecule has 0 spiro atoms. The van der Waals surface area contributed by atoms with Gasteiger partial charge in [0.05, 0.1) is 6.10 Å². The fourth-order valence-corrected chi connectivity index (χ4v) is 2.93. The van der Waals surface area contributed by atoms with Crippen molar-refractivity contribution in [3.05, 3.63) is 34.9 Å². The van der Waals surface area contributed by atoms with E-state index in [0.29, 0.717) is 6.04 Å². The van der Waals surface area contributed by atoms with Crippen molar-refractivity contribution in [3.8, 4) is 0 Å². The molecule has 1 aliphatic heterocycles. The molecule has 2 rings (SSSR count). The Kier molecular flexibility index (Phi) is 5.68. The summed E-state index contributed by atoms with van der Waals surface area (Å²) in [5, 5.41) is 10.9. The van der Waals surface area contributed by atoms with Gasteiger partial charge in [0.15, 0.2) is 0 Å². The van der Waals surface area contributed by atoms with Gasteiger partial charge in [0.2, 0.25) is 0 Å². The van der Waals surface area contributed by atoms with Gasteiger partial charge in [0.1, 0.15) is 0 Å². The van der Waals surface area contributed by atoms with Crippen molar-refractivity contribution >= 4 is 11.6 Å². The van der Waals surface area contributed by atoms with Gasteiger partial charge in [-0.1, -0.05) is 36.6 Å². The first-order valence-corrected chi connectivity index (χ1v) is 7.72. The molecule has 2 atom stereocenters. The van der Waals surface area contributed by atoms with Gasteiger partial charge in [-0.15, -0.1) is 0 Å². The molecule has 1 N–H and O–H groups in total. The van der Waals surface area contributed by atoms with Crippen molar-refractivity contribution in [2.45, 2.75) is 51.2 Å². The van der Waals surface area contributed by atoms with Crippen molar-refractivity contribution in [1.29, 1.82) is 0 Å². The molecule has 1 aliphatic rings. The number of hydrogen-bond donors (Lipinski definition) is 1. The summed E-state index contributed by atoms with van der Waals surface area (Å²) in [4.78, 5) is 2.52. The minimum Gasteiger partial charge on any atom is -0.388 e. The molecular weight excluding hydrogens is 258 g/mol. The van der Waals surface area contributed by atoms with Gasteiger partial charge in [-0.2, -0.15) is 0 Å². The molecule has 106 valence electrons. The lowest BCUT2D eigenvalue weighted by molar-refractivity contribution is 0.128. The Morgan fingerprint density at radius 2 is 2.00 bits per heavy atom. The normalized spacial score (nSPS) is 23.0. The summed E-state index contributed by atoms with van der Waals surface area (Å²) in [5.41, 5.74) is 0.965. The Labute approximate surface area is 121 Å². The van der Waals surface area contributed by atoms with Crippen molar-refractivity contribution in [2.24, 2.45) is 0 Å². The molecule has 2 unspecified atom stereocenters. The Hall–Kier alpha value is -0.570. The van der Waals surface area contributed by atoms with Crippen LogP contribution in [0.25, 0.3) is 0 Å². The molecule has 1 fully saturated rings. The Bertz CT molecular complexity index is 379. The van der Waals surface area contributed by atoms with Crippen LogP contribution in [0, 0.1) is 0 Å². The molecule has 19 heavy (non-hydrogen) atoms. The van der Waals surface area contributed by atoms with Crippen LogP contribution in [0.2, 0.25) is 5.02 Å². The summed E-state index contributed by atoms with van der Waals surface area (Å²) >= 11 is 5.86. The first-order valence-electron chi connectivity index (χ1n) is 7.34. The fraction of sp³-hybridized carbons (Fsp3) is 0.625. The van der Waals surface area contributed by atoms with Crippen LogP contribution in [0.15, 0.2) is 24.3 Å². The molecule has 1 aromatic rings. The number of likely N-dealkylation sites (tertiary alicyclic amines) is 1. The first-order chi connectivity index (χ1) is 9.16. The van der Waals surface area contributed by atoms with E-state index in [-0.39, 0.29) is 6.10 Å². The van der Waals surface area contributed by atoms with E-state index in [9.17, 15) is 5.11 Å². The highest BCUT2D eigenvalue weighted by Gasteiger charge is 2.18. The minimum atomic E-state index is -0.382. The summed E-state index contributed by atoms with van der Waals surface area (Å²) in [6.45, 7) is 4.46. The van der Waals surface area contributed by atoms with E-state index in [1.807, 2.05) is 24.3 Å². The largest absolute Gasteiger partial charge is 0.388 e. The Balaban J connectivity index is 1.85. The zero-order valence-electron chi connectivity index (χ0n) is 11.7. The van der Waals surface area contributed by atoms with Crippen LogP contribution in [-0.4, -0.2) is 29.1 Å².